The van der Waals surface area contributed by atoms with Gasteiger partial charge in [0.2, 0.25) is 5.91 Å². The summed E-state index contributed by atoms with van der Waals surface area (Å²) >= 11 is 0. The van der Waals surface area contributed by atoms with Crippen LogP contribution in [0, 0.1) is 5.92 Å². The number of anilines is 1. The molecule has 0 unspecified atom stereocenters. The van der Waals surface area contributed by atoms with Crippen molar-refractivity contribution in [2.75, 3.05) is 25.1 Å². The first kappa shape index (κ1) is 20.5. The van der Waals surface area contributed by atoms with E-state index in [0.717, 1.165) is 31.2 Å². The van der Waals surface area contributed by atoms with E-state index in [1.165, 1.54) is 0 Å². The molecular formula is C25H27N3O4. The molecule has 0 bridgehead atoms. The Morgan fingerprint density at radius 2 is 1.81 bits per heavy atom. The van der Waals surface area contributed by atoms with Crippen molar-refractivity contribution in [2.45, 2.75) is 38.3 Å². The Labute approximate surface area is 187 Å². The number of amides is 2. The van der Waals surface area contributed by atoms with Gasteiger partial charge in [-0.2, -0.15) is 0 Å². The SMILES string of the molecule is CC1CCC2(CC1)N=C(c1ccccc1)C(=O)N2CC(=O)Nc1ccc2c(c1)OCCO2. The molecule has 1 aliphatic carbocycles. The van der Waals surface area contributed by atoms with Crippen LogP contribution in [0.25, 0.3) is 0 Å². The quantitative estimate of drug-likeness (QED) is 0.799. The van der Waals surface area contributed by atoms with E-state index in [-0.39, 0.29) is 18.4 Å². The van der Waals surface area contributed by atoms with Crippen LogP contribution < -0.4 is 14.8 Å². The number of carbonyl (C=O) groups is 2. The van der Waals surface area contributed by atoms with Gasteiger partial charge in [-0.05, 0) is 43.7 Å². The Morgan fingerprint density at radius 1 is 1.09 bits per heavy atom. The number of fused-ring (bicyclic) bond motifs is 1. The van der Waals surface area contributed by atoms with E-state index in [1.54, 1.807) is 23.1 Å². The topological polar surface area (TPSA) is 80.2 Å². The minimum atomic E-state index is -0.640. The molecule has 2 aliphatic heterocycles. The van der Waals surface area contributed by atoms with Gasteiger partial charge in [-0.1, -0.05) is 37.3 Å². The lowest BCUT2D eigenvalue weighted by Gasteiger charge is -2.40. The summed E-state index contributed by atoms with van der Waals surface area (Å²) in [6.45, 7) is 3.18. The first-order valence-corrected chi connectivity index (χ1v) is 11.2. The van der Waals surface area contributed by atoms with Gasteiger partial charge in [0.05, 0.1) is 0 Å². The highest BCUT2D eigenvalue weighted by Gasteiger charge is 2.49. The fourth-order valence-corrected chi connectivity index (χ4v) is 4.71. The van der Waals surface area contributed by atoms with E-state index in [0.29, 0.717) is 42.0 Å². The first-order valence-electron chi connectivity index (χ1n) is 11.2. The van der Waals surface area contributed by atoms with Crippen LogP contribution in [0.5, 0.6) is 11.5 Å². The molecule has 0 atom stereocenters. The van der Waals surface area contributed by atoms with Gasteiger partial charge in [0.25, 0.3) is 5.91 Å². The van der Waals surface area contributed by atoms with Crippen molar-refractivity contribution in [3.63, 3.8) is 0 Å². The molecule has 5 rings (SSSR count). The standard InChI is InChI=1S/C25H27N3O4/c1-17-9-11-25(12-10-17)27-23(18-5-3-2-4-6-18)24(30)28(25)16-22(29)26-19-7-8-20-21(15-19)32-14-13-31-20/h2-8,15,17H,9-14,16H2,1H3,(H,26,29). The van der Waals surface area contributed by atoms with Gasteiger partial charge >= 0.3 is 0 Å². The maximum atomic E-state index is 13.4. The average Bonchev–Trinajstić information content (AvgIpc) is 3.08. The van der Waals surface area contributed by atoms with Crippen LogP contribution in [0.3, 0.4) is 0 Å². The van der Waals surface area contributed by atoms with Gasteiger partial charge in [-0.3, -0.25) is 14.6 Å². The van der Waals surface area contributed by atoms with Crippen molar-refractivity contribution in [1.29, 1.82) is 0 Å². The molecule has 2 aromatic carbocycles. The van der Waals surface area contributed by atoms with Crippen molar-refractivity contribution in [1.82, 2.24) is 4.90 Å². The monoisotopic (exact) mass is 433 g/mol. The summed E-state index contributed by atoms with van der Waals surface area (Å²) in [6, 6.07) is 14.8. The van der Waals surface area contributed by atoms with Gasteiger partial charge in [0.1, 0.15) is 31.1 Å². The first-order chi connectivity index (χ1) is 15.5. The number of hydrogen-bond donors (Lipinski definition) is 1. The summed E-state index contributed by atoms with van der Waals surface area (Å²) in [7, 11) is 0. The van der Waals surface area contributed by atoms with Gasteiger partial charge in [0, 0.05) is 17.3 Å². The third-order valence-corrected chi connectivity index (χ3v) is 6.52. The van der Waals surface area contributed by atoms with Gasteiger partial charge < -0.3 is 19.7 Å². The van der Waals surface area contributed by atoms with Crippen LogP contribution in [-0.4, -0.2) is 47.8 Å². The molecule has 0 saturated heterocycles. The molecule has 166 valence electrons. The Balaban J connectivity index is 1.36. The molecule has 0 radical (unpaired) electrons. The van der Waals surface area contributed by atoms with E-state index >= 15 is 0 Å². The highest BCUT2D eigenvalue weighted by molar-refractivity contribution is 6.47. The van der Waals surface area contributed by atoms with Crippen LogP contribution >= 0.6 is 0 Å². The van der Waals surface area contributed by atoms with E-state index in [1.807, 2.05) is 30.3 Å². The number of rotatable bonds is 4. The fraction of sp³-hybridized carbons (Fsp3) is 0.400. The Bertz CT molecular complexity index is 1060. The highest BCUT2D eigenvalue weighted by Crippen LogP contribution is 2.41. The summed E-state index contributed by atoms with van der Waals surface area (Å²) in [6.07, 6.45) is 3.51. The predicted octanol–water partition coefficient (Wildman–Crippen LogP) is 3.63. The number of hydrogen-bond acceptors (Lipinski definition) is 5. The summed E-state index contributed by atoms with van der Waals surface area (Å²) in [5, 5.41) is 2.91. The molecule has 0 aromatic heterocycles. The second-order valence-corrected chi connectivity index (χ2v) is 8.79. The number of aliphatic imine (C=N–C) groups is 1. The lowest BCUT2D eigenvalue weighted by Crippen LogP contribution is -2.51. The second-order valence-electron chi connectivity index (χ2n) is 8.79. The number of benzene rings is 2. The molecule has 1 N–H and O–H groups in total. The Kier molecular flexibility index (Phi) is 5.33. The molecule has 1 saturated carbocycles. The Hall–Kier alpha value is -3.35. The van der Waals surface area contributed by atoms with Gasteiger partial charge in [-0.25, -0.2) is 0 Å². The van der Waals surface area contributed by atoms with Gasteiger partial charge in [0.15, 0.2) is 11.5 Å². The van der Waals surface area contributed by atoms with E-state index in [2.05, 4.69) is 12.2 Å². The molecule has 2 amide bonds. The van der Waals surface area contributed by atoms with Crippen LogP contribution in [0.4, 0.5) is 5.69 Å². The maximum absolute atomic E-state index is 13.4. The van der Waals surface area contributed by atoms with Crippen LogP contribution in [0.15, 0.2) is 53.5 Å². The number of carbonyl (C=O) groups excluding carboxylic acids is 2. The average molecular weight is 434 g/mol. The molecular weight excluding hydrogens is 406 g/mol. The molecule has 7 heteroatoms. The van der Waals surface area contributed by atoms with E-state index < -0.39 is 5.66 Å². The number of ether oxygens (including phenoxy) is 2. The van der Waals surface area contributed by atoms with Crippen molar-refractivity contribution < 1.29 is 19.1 Å². The highest BCUT2D eigenvalue weighted by atomic mass is 16.6. The normalized spacial score (nSPS) is 24.4. The minimum Gasteiger partial charge on any atom is -0.486 e. The summed E-state index contributed by atoms with van der Waals surface area (Å²) in [4.78, 5) is 33.0. The van der Waals surface area contributed by atoms with Crippen LogP contribution in [0.1, 0.15) is 38.2 Å². The van der Waals surface area contributed by atoms with Crippen molar-refractivity contribution in [3.8, 4) is 11.5 Å². The maximum Gasteiger partial charge on any atom is 0.275 e. The van der Waals surface area contributed by atoms with Crippen LogP contribution in [0.2, 0.25) is 0 Å². The molecule has 2 aromatic rings. The fourth-order valence-electron chi connectivity index (χ4n) is 4.71. The van der Waals surface area contributed by atoms with Crippen molar-refractivity contribution >= 4 is 23.2 Å². The van der Waals surface area contributed by atoms with E-state index in [4.69, 9.17) is 14.5 Å². The number of nitrogens with zero attached hydrogens (tertiary/aromatic N) is 2. The largest absolute Gasteiger partial charge is 0.486 e. The summed E-state index contributed by atoms with van der Waals surface area (Å²) < 4.78 is 11.1. The lowest BCUT2D eigenvalue weighted by atomic mass is 9.82. The minimum absolute atomic E-state index is 0.0402. The molecule has 32 heavy (non-hydrogen) atoms. The smallest absolute Gasteiger partial charge is 0.275 e. The third kappa shape index (κ3) is 3.83. The van der Waals surface area contributed by atoms with Crippen molar-refractivity contribution in [2.24, 2.45) is 10.9 Å². The predicted molar refractivity (Wildman–Crippen MR) is 121 cm³/mol. The number of nitrogens with one attached hydrogen (secondary N) is 1. The molecule has 2 heterocycles. The zero-order valence-electron chi connectivity index (χ0n) is 18.2. The Morgan fingerprint density at radius 3 is 2.56 bits per heavy atom. The molecule has 1 fully saturated rings. The molecule has 7 nitrogen and oxygen atoms in total. The summed E-state index contributed by atoms with van der Waals surface area (Å²) in [5.41, 5.74) is 1.22. The third-order valence-electron chi connectivity index (χ3n) is 6.52. The summed E-state index contributed by atoms with van der Waals surface area (Å²) in [5.74, 6) is 1.44. The zero-order valence-corrected chi connectivity index (χ0v) is 18.2. The second kappa shape index (κ2) is 8.30. The zero-order chi connectivity index (χ0) is 22.1. The van der Waals surface area contributed by atoms with E-state index in [9.17, 15) is 9.59 Å². The molecule has 3 aliphatic rings. The molecule has 1 spiro atoms. The lowest BCUT2D eigenvalue weighted by molar-refractivity contribution is -0.134. The van der Waals surface area contributed by atoms with Crippen molar-refractivity contribution in [3.05, 3.63) is 54.1 Å². The van der Waals surface area contributed by atoms with Crippen LogP contribution in [-0.2, 0) is 9.59 Å². The van der Waals surface area contributed by atoms with Gasteiger partial charge in [-0.15, -0.1) is 0 Å².